The minimum atomic E-state index is 0.257. The molecular weight excluding hydrogens is 432 g/mol. The molecule has 6 nitrogen and oxygen atoms in total. The summed E-state index contributed by atoms with van der Waals surface area (Å²) < 4.78 is 14.0. The summed E-state index contributed by atoms with van der Waals surface area (Å²) in [7, 11) is 2.09. The van der Waals surface area contributed by atoms with E-state index in [1.54, 1.807) is 11.8 Å². The third-order valence-corrected chi connectivity index (χ3v) is 6.12. The van der Waals surface area contributed by atoms with Crippen LogP contribution in [0.1, 0.15) is 24.2 Å². The molecule has 31 heavy (non-hydrogen) atoms. The molecule has 1 saturated heterocycles. The quantitative estimate of drug-likeness (QED) is 0.408. The van der Waals surface area contributed by atoms with E-state index in [-0.39, 0.29) is 6.10 Å². The number of hydrogen-bond acceptors (Lipinski definition) is 6. The topological polar surface area (TPSA) is 52.4 Å². The molecule has 0 bridgehead atoms. The average Bonchev–Trinajstić information content (AvgIpc) is 3.41. The summed E-state index contributed by atoms with van der Waals surface area (Å²) in [4.78, 5) is 2.24. The van der Waals surface area contributed by atoms with E-state index in [1.165, 1.54) is 5.56 Å². The van der Waals surface area contributed by atoms with E-state index in [0.717, 1.165) is 55.0 Å². The van der Waals surface area contributed by atoms with E-state index >= 15 is 0 Å². The summed E-state index contributed by atoms with van der Waals surface area (Å²) in [5.74, 6) is 2.54. The molecule has 3 aromatic rings. The Morgan fingerprint density at radius 2 is 2.00 bits per heavy atom. The van der Waals surface area contributed by atoms with E-state index in [4.69, 9.17) is 21.1 Å². The highest BCUT2D eigenvalue weighted by Gasteiger charge is 2.21. The molecule has 0 spiro atoms. The van der Waals surface area contributed by atoms with Crippen LogP contribution < -0.4 is 4.74 Å². The maximum absolute atomic E-state index is 5.96. The van der Waals surface area contributed by atoms with Crippen molar-refractivity contribution in [3.8, 4) is 11.5 Å². The zero-order chi connectivity index (χ0) is 21.6. The molecular formula is C23H27ClN4O2S. The predicted molar refractivity (Wildman–Crippen MR) is 124 cm³/mol. The lowest BCUT2D eigenvalue weighted by molar-refractivity contribution is 0.0934. The standard InChI is InChI=1S/C23H27ClN4O2S/c1-27(16-22-25-26-23(31-2)28(22)15-21-7-4-12-29-21)14-17-5-3-6-20(13-17)30-19-10-8-18(24)9-11-19/h3,5-6,8-11,13,21H,4,7,12,14-16H2,1-2H3/t21-/m1/s1. The summed E-state index contributed by atoms with van der Waals surface area (Å²) in [6.45, 7) is 3.16. The second kappa shape index (κ2) is 10.5. The second-order valence-corrected chi connectivity index (χ2v) is 8.93. The maximum atomic E-state index is 5.96. The number of benzene rings is 2. The number of rotatable bonds is 9. The predicted octanol–water partition coefficient (Wildman–Crippen LogP) is 5.26. The lowest BCUT2D eigenvalue weighted by Gasteiger charge is -2.19. The zero-order valence-corrected chi connectivity index (χ0v) is 19.4. The molecule has 0 N–H and O–H groups in total. The molecule has 0 amide bonds. The Labute approximate surface area is 192 Å². The van der Waals surface area contributed by atoms with Gasteiger partial charge in [0.1, 0.15) is 17.3 Å². The largest absolute Gasteiger partial charge is 0.457 e. The van der Waals surface area contributed by atoms with Crippen molar-refractivity contribution in [1.82, 2.24) is 19.7 Å². The van der Waals surface area contributed by atoms with Gasteiger partial charge in [0.2, 0.25) is 0 Å². The fraction of sp³-hybridized carbons (Fsp3) is 0.391. The molecule has 2 heterocycles. The van der Waals surface area contributed by atoms with Crippen molar-refractivity contribution in [2.24, 2.45) is 0 Å². The first-order chi connectivity index (χ1) is 15.1. The number of hydrogen-bond donors (Lipinski definition) is 0. The van der Waals surface area contributed by atoms with Crippen LogP contribution in [0.4, 0.5) is 0 Å². The van der Waals surface area contributed by atoms with Crippen LogP contribution in [0.25, 0.3) is 0 Å². The van der Waals surface area contributed by atoms with Crippen molar-refractivity contribution >= 4 is 23.4 Å². The van der Waals surface area contributed by atoms with Gasteiger partial charge in [-0.3, -0.25) is 4.90 Å². The Morgan fingerprint density at radius 3 is 2.74 bits per heavy atom. The van der Waals surface area contributed by atoms with Crippen LogP contribution in [0.3, 0.4) is 0 Å². The molecule has 1 aliphatic rings. The van der Waals surface area contributed by atoms with Crippen LogP contribution >= 0.6 is 23.4 Å². The molecule has 0 aliphatic carbocycles. The van der Waals surface area contributed by atoms with Crippen LogP contribution in [0.2, 0.25) is 5.02 Å². The van der Waals surface area contributed by atoms with Gasteiger partial charge in [0.25, 0.3) is 0 Å². The normalized spacial score (nSPS) is 16.2. The van der Waals surface area contributed by atoms with Gasteiger partial charge in [-0.25, -0.2) is 0 Å². The Bertz CT molecular complexity index is 989. The summed E-state index contributed by atoms with van der Waals surface area (Å²) in [6, 6.07) is 15.5. The molecule has 1 fully saturated rings. The molecule has 0 saturated carbocycles. The Balaban J connectivity index is 1.40. The zero-order valence-electron chi connectivity index (χ0n) is 17.8. The highest BCUT2D eigenvalue weighted by atomic mass is 35.5. The number of nitrogens with zero attached hydrogens (tertiary/aromatic N) is 4. The molecule has 0 unspecified atom stereocenters. The molecule has 164 valence electrons. The van der Waals surface area contributed by atoms with E-state index in [1.807, 2.05) is 42.7 Å². The Hall–Kier alpha value is -2.06. The average molecular weight is 459 g/mol. The van der Waals surface area contributed by atoms with E-state index in [9.17, 15) is 0 Å². The monoisotopic (exact) mass is 458 g/mol. The maximum Gasteiger partial charge on any atom is 0.191 e. The molecule has 4 rings (SSSR count). The van der Waals surface area contributed by atoms with Crippen molar-refractivity contribution in [2.75, 3.05) is 19.9 Å². The van der Waals surface area contributed by atoms with Crippen LogP contribution in [-0.4, -0.2) is 45.7 Å². The van der Waals surface area contributed by atoms with Crippen molar-refractivity contribution in [2.45, 2.75) is 43.7 Å². The minimum Gasteiger partial charge on any atom is -0.457 e. The van der Waals surface area contributed by atoms with Gasteiger partial charge in [-0.15, -0.1) is 10.2 Å². The first kappa shape index (κ1) is 22.1. The third kappa shape index (κ3) is 6.01. The fourth-order valence-corrected chi connectivity index (χ4v) is 4.37. The van der Waals surface area contributed by atoms with Crippen LogP contribution in [0.15, 0.2) is 53.7 Å². The number of ether oxygens (including phenoxy) is 2. The van der Waals surface area contributed by atoms with Gasteiger partial charge in [-0.1, -0.05) is 35.5 Å². The van der Waals surface area contributed by atoms with E-state index in [0.29, 0.717) is 11.6 Å². The highest BCUT2D eigenvalue weighted by molar-refractivity contribution is 7.98. The van der Waals surface area contributed by atoms with Gasteiger partial charge < -0.3 is 14.0 Å². The summed E-state index contributed by atoms with van der Waals surface area (Å²) in [5, 5.41) is 10.5. The van der Waals surface area contributed by atoms with Gasteiger partial charge in [0.15, 0.2) is 5.16 Å². The molecule has 1 atom stereocenters. The van der Waals surface area contributed by atoms with Crippen molar-refractivity contribution in [3.05, 3.63) is 64.9 Å². The van der Waals surface area contributed by atoms with Crippen molar-refractivity contribution in [3.63, 3.8) is 0 Å². The number of halogens is 1. The van der Waals surface area contributed by atoms with Crippen molar-refractivity contribution in [1.29, 1.82) is 0 Å². The Kier molecular flexibility index (Phi) is 7.50. The first-order valence-electron chi connectivity index (χ1n) is 10.4. The molecule has 2 aromatic carbocycles. The van der Waals surface area contributed by atoms with Gasteiger partial charge in [0, 0.05) is 18.2 Å². The van der Waals surface area contributed by atoms with Crippen LogP contribution in [0, 0.1) is 0 Å². The number of thioether (sulfide) groups is 1. The summed E-state index contributed by atoms with van der Waals surface area (Å²) in [6.07, 6.45) is 4.52. The number of aromatic nitrogens is 3. The van der Waals surface area contributed by atoms with Gasteiger partial charge >= 0.3 is 0 Å². The van der Waals surface area contributed by atoms with E-state index in [2.05, 4.69) is 38.8 Å². The van der Waals surface area contributed by atoms with E-state index < -0.39 is 0 Å². The molecule has 0 radical (unpaired) electrons. The lowest BCUT2D eigenvalue weighted by atomic mass is 10.2. The van der Waals surface area contributed by atoms with Gasteiger partial charge in [-0.05, 0) is 68.1 Å². The molecule has 1 aromatic heterocycles. The van der Waals surface area contributed by atoms with Gasteiger partial charge in [-0.2, -0.15) is 0 Å². The summed E-state index contributed by atoms with van der Waals surface area (Å²) in [5.41, 5.74) is 1.17. The molecule has 8 heteroatoms. The van der Waals surface area contributed by atoms with Gasteiger partial charge in [0.05, 0.1) is 19.2 Å². The summed E-state index contributed by atoms with van der Waals surface area (Å²) >= 11 is 7.58. The van der Waals surface area contributed by atoms with Crippen LogP contribution in [-0.2, 0) is 24.4 Å². The SMILES string of the molecule is CSc1nnc(CN(C)Cc2cccc(Oc3ccc(Cl)cc3)c2)n1C[C@H]1CCCO1. The first-order valence-corrected chi connectivity index (χ1v) is 12.0. The van der Waals surface area contributed by atoms with Crippen molar-refractivity contribution < 1.29 is 9.47 Å². The molecule has 1 aliphatic heterocycles. The third-order valence-electron chi connectivity index (χ3n) is 5.20. The lowest BCUT2D eigenvalue weighted by Crippen LogP contribution is -2.23. The smallest absolute Gasteiger partial charge is 0.191 e. The highest BCUT2D eigenvalue weighted by Crippen LogP contribution is 2.25. The second-order valence-electron chi connectivity index (χ2n) is 7.72. The van der Waals surface area contributed by atoms with Crippen LogP contribution in [0.5, 0.6) is 11.5 Å². The fourth-order valence-electron chi connectivity index (χ4n) is 3.72. The Morgan fingerprint density at radius 1 is 1.16 bits per heavy atom. The minimum absolute atomic E-state index is 0.257.